The second kappa shape index (κ2) is 9.22. The average Bonchev–Trinajstić information content (AvgIpc) is 2.60. The minimum atomic E-state index is -0.236. The molecule has 0 aromatic heterocycles. The van der Waals surface area contributed by atoms with Gasteiger partial charge in [0.1, 0.15) is 11.5 Å². The van der Waals surface area contributed by atoms with E-state index in [0.29, 0.717) is 26.4 Å². The Labute approximate surface area is 161 Å². The van der Waals surface area contributed by atoms with Crippen LogP contribution in [0.5, 0.6) is 11.5 Å². The maximum atomic E-state index is 12.3. The third-order valence-electron chi connectivity index (χ3n) is 3.55. The number of carbonyl (C=O) groups excluding carboxylic acids is 1. The van der Waals surface area contributed by atoms with E-state index in [4.69, 9.17) is 32.7 Å². The van der Waals surface area contributed by atoms with Crippen molar-refractivity contribution in [2.75, 3.05) is 20.0 Å². The fourth-order valence-corrected chi connectivity index (χ4v) is 3.79. The van der Waals surface area contributed by atoms with E-state index in [1.54, 1.807) is 32.4 Å². The molecule has 2 aromatic rings. The lowest BCUT2D eigenvalue weighted by Crippen LogP contribution is -2.28. The first kappa shape index (κ1) is 19.8. The number of ether oxygens (including phenoxy) is 2. The van der Waals surface area contributed by atoms with E-state index >= 15 is 0 Å². The molecule has 134 valence electrons. The Balaban J connectivity index is 2.03. The fourth-order valence-electron chi connectivity index (χ4n) is 2.30. The van der Waals surface area contributed by atoms with Gasteiger partial charge in [-0.2, -0.15) is 0 Å². The third kappa shape index (κ3) is 5.21. The lowest BCUT2D eigenvalue weighted by molar-refractivity contribution is -0.119. The SMILES string of the molecule is COc1ccc(OC)c([C@@H](C)NC(=O)CSc2c(Cl)cccc2Cl)c1. The highest BCUT2D eigenvalue weighted by molar-refractivity contribution is 8.00. The summed E-state index contributed by atoms with van der Waals surface area (Å²) in [6.07, 6.45) is 0. The molecular weight excluding hydrogens is 381 g/mol. The van der Waals surface area contributed by atoms with E-state index in [1.165, 1.54) is 11.8 Å². The molecule has 0 spiro atoms. The summed E-state index contributed by atoms with van der Waals surface area (Å²) in [5, 5.41) is 4.02. The Morgan fingerprint density at radius 1 is 1.16 bits per heavy atom. The largest absolute Gasteiger partial charge is 0.497 e. The number of hydrogen-bond acceptors (Lipinski definition) is 4. The van der Waals surface area contributed by atoms with Crippen molar-refractivity contribution in [3.63, 3.8) is 0 Å². The second-order valence-corrected chi connectivity index (χ2v) is 7.04. The Morgan fingerprint density at radius 2 is 1.84 bits per heavy atom. The molecule has 0 unspecified atom stereocenters. The van der Waals surface area contributed by atoms with Crippen molar-refractivity contribution < 1.29 is 14.3 Å². The molecule has 7 heteroatoms. The molecule has 4 nitrogen and oxygen atoms in total. The quantitative estimate of drug-likeness (QED) is 0.666. The normalized spacial score (nSPS) is 11.7. The summed E-state index contributed by atoms with van der Waals surface area (Å²) >= 11 is 13.5. The molecule has 0 aliphatic heterocycles. The Hall–Kier alpha value is -1.56. The summed E-state index contributed by atoms with van der Waals surface area (Å²) < 4.78 is 10.6. The molecule has 0 aliphatic carbocycles. The van der Waals surface area contributed by atoms with Gasteiger partial charge in [0.15, 0.2) is 0 Å². The number of methoxy groups -OCH3 is 2. The van der Waals surface area contributed by atoms with E-state index < -0.39 is 0 Å². The molecule has 0 saturated heterocycles. The van der Waals surface area contributed by atoms with Gasteiger partial charge in [0.25, 0.3) is 0 Å². The first-order valence-electron chi connectivity index (χ1n) is 7.54. The highest BCUT2D eigenvalue weighted by Crippen LogP contribution is 2.34. The molecule has 1 amide bonds. The summed E-state index contributed by atoms with van der Waals surface area (Å²) in [6, 6.07) is 10.5. The van der Waals surface area contributed by atoms with Crippen molar-refractivity contribution in [3.8, 4) is 11.5 Å². The van der Waals surface area contributed by atoms with E-state index in [2.05, 4.69) is 5.32 Å². The molecule has 0 heterocycles. The lowest BCUT2D eigenvalue weighted by atomic mass is 10.1. The van der Waals surface area contributed by atoms with Crippen molar-refractivity contribution in [2.24, 2.45) is 0 Å². The topological polar surface area (TPSA) is 47.6 Å². The highest BCUT2D eigenvalue weighted by Gasteiger charge is 2.16. The Morgan fingerprint density at radius 3 is 2.44 bits per heavy atom. The van der Waals surface area contributed by atoms with Gasteiger partial charge in [0.05, 0.1) is 36.1 Å². The third-order valence-corrected chi connectivity index (χ3v) is 5.54. The average molecular weight is 400 g/mol. The Kier molecular flexibility index (Phi) is 7.29. The van der Waals surface area contributed by atoms with Crippen LogP contribution in [-0.4, -0.2) is 25.9 Å². The standard InChI is InChI=1S/C18H19Cl2NO3S/c1-11(13-9-12(23-2)7-8-16(13)24-3)21-17(22)10-25-18-14(19)5-4-6-15(18)20/h4-9,11H,10H2,1-3H3,(H,21,22)/t11-/m1/s1. The van der Waals surface area contributed by atoms with E-state index in [9.17, 15) is 4.79 Å². The van der Waals surface area contributed by atoms with Gasteiger partial charge in [-0.1, -0.05) is 29.3 Å². The molecule has 0 aliphatic rings. The van der Waals surface area contributed by atoms with Crippen LogP contribution < -0.4 is 14.8 Å². The van der Waals surface area contributed by atoms with Crippen LogP contribution in [0.2, 0.25) is 10.0 Å². The van der Waals surface area contributed by atoms with Gasteiger partial charge in [-0.05, 0) is 37.3 Å². The van der Waals surface area contributed by atoms with Crippen LogP contribution >= 0.6 is 35.0 Å². The smallest absolute Gasteiger partial charge is 0.230 e. The summed E-state index contributed by atoms with van der Waals surface area (Å²) in [5.74, 6) is 1.47. The summed E-state index contributed by atoms with van der Waals surface area (Å²) in [6.45, 7) is 1.89. The zero-order valence-corrected chi connectivity index (χ0v) is 16.5. The minimum absolute atomic E-state index is 0.127. The van der Waals surface area contributed by atoms with Gasteiger partial charge in [-0.3, -0.25) is 4.79 Å². The predicted molar refractivity (Wildman–Crippen MR) is 103 cm³/mol. The first-order valence-corrected chi connectivity index (χ1v) is 9.28. The number of hydrogen-bond donors (Lipinski definition) is 1. The first-order chi connectivity index (χ1) is 12.0. The van der Waals surface area contributed by atoms with E-state index in [0.717, 1.165) is 5.56 Å². The van der Waals surface area contributed by atoms with Crippen LogP contribution in [0.15, 0.2) is 41.3 Å². The van der Waals surface area contributed by atoms with Gasteiger partial charge in [0, 0.05) is 10.5 Å². The van der Waals surface area contributed by atoms with Crippen molar-refractivity contribution in [2.45, 2.75) is 17.9 Å². The van der Waals surface area contributed by atoms with Crippen LogP contribution in [0.1, 0.15) is 18.5 Å². The van der Waals surface area contributed by atoms with Gasteiger partial charge in [-0.25, -0.2) is 0 Å². The predicted octanol–water partition coefficient (Wildman–Crippen LogP) is 4.98. The van der Waals surface area contributed by atoms with Gasteiger partial charge >= 0.3 is 0 Å². The molecule has 0 radical (unpaired) electrons. The lowest BCUT2D eigenvalue weighted by Gasteiger charge is -2.18. The minimum Gasteiger partial charge on any atom is -0.497 e. The van der Waals surface area contributed by atoms with Gasteiger partial charge in [0.2, 0.25) is 5.91 Å². The Bertz CT molecular complexity index is 735. The van der Waals surface area contributed by atoms with Crippen LogP contribution in [0, 0.1) is 0 Å². The summed E-state index contributed by atoms with van der Waals surface area (Å²) in [7, 11) is 3.19. The zero-order chi connectivity index (χ0) is 18.4. The van der Waals surface area contributed by atoms with Crippen molar-refractivity contribution in [3.05, 3.63) is 52.0 Å². The zero-order valence-electron chi connectivity index (χ0n) is 14.1. The summed E-state index contributed by atoms with van der Waals surface area (Å²) in [5.41, 5.74) is 0.843. The monoisotopic (exact) mass is 399 g/mol. The number of carbonyl (C=O) groups is 1. The maximum Gasteiger partial charge on any atom is 0.230 e. The van der Waals surface area contributed by atoms with Crippen LogP contribution in [-0.2, 0) is 4.79 Å². The van der Waals surface area contributed by atoms with E-state index in [-0.39, 0.29) is 17.7 Å². The van der Waals surface area contributed by atoms with Crippen molar-refractivity contribution in [1.82, 2.24) is 5.32 Å². The molecule has 2 rings (SSSR count). The highest BCUT2D eigenvalue weighted by atomic mass is 35.5. The van der Waals surface area contributed by atoms with Gasteiger partial charge < -0.3 is 14.8 Å². The van der Waals surface area contributed by atoms with Crippen molar-refractivity contribution >= 4 is 40.9 Å². The molecule has 0 bridgehead atoms. The van der Waals surface area contributed by atoms with Crippen LogP contribution in [0.3, 0.4) is 0 Å². The number of benzene rings is 2. The molecule has 2 aromatic carbocycles. The maximum absolute atomic E-state index is 12.3. The molecule has 0 saturated carbocycles. The van der Waals surface area contributed by atoms with Crippen LogP contribution in [0.25, 0.3) is 0 Å². The number of halogens is 2. The number of amides is 1. The number of rotatable bonds is 7. The molecular formula is C18H19Cl2NO3S. The molecule has 1 N–H and O–H groups in total. The van der Waals surface area contributed by atoms with Crippen molar-refractivity contribution in [1.29, 1.82) is 0 Å². The number of thioether (sulfide) groups is 1. The molecule has 1 atom stereocenters. The summed E-state index contributed by atoms with van der Waals surface area (Å²) in [4.78, 5) is 13.0. The van der Waals surface area contributed by atoms with E-state index in [1.807, 2.05) is 25.1 Å². The van der Waals surface area contributed by atoms with Crippen LogP contribution in [0.4, 0.5) is 0 Å². The molecule has 25 heavy (non-hydrogen) atoms. The van der Waals surface area contributed by atoms with Gasteiger partial charge in [-0.15, -0.1) is 11.8 Å². The fraction of sp³-hybridized carbons (Fsp3) is 0.278. The second-order valence-electron chi connectivity index (χ2n) is 5.24. The number of nitrogens with one attached hydrogen (secondary N) is 1. The molecule has 0 fully saturated rings.